The van der Waals surface area contributed by atoms with E-state index in [4.69, 9.17) is 5.11 Å². The Morgan fingerprint density at radius 3 is 2.68 bits per heavy atom. The summed E-state index contributed by atoms with van der Waals surface area (Å²) in [6.07, 6.45) is 2.59. The largest absolute Gasteiger partial charge is 0.481 e. The Labute approximate surface area is 153 Å². The van der Waals surface area contributed by atoms with Gasteiger partial charge in [-0.2, -0.15) is 12.6 Å². The molecule has 0 bridgehead atoms. The fourth-order valence-corrected chi connectivity index (χ4v) is 3.18. The van der Waals surface area contributed by atoms with Gasteiger partial charge in [-0.05, 0) is 31.2 Å². The number of carboxylic acid groups (broad SMARTS) is 1. The van der Waals surface area contributed by atoms with Crippen molar-refractivity contribution < 1.29 is 19.5 Å². The maximum atomic E-state index is 12.6. The number of carbonyl (C=O) groups is 3. The Balaban J connectivity index is 1.93. The summed E-state index contributed by atoms with van der Waals surface area (Å²) in [6.45, 7) is 0.710. The van der Waals surface area contributed by atoms with Gasteiger partial charge in [0, 0.05) is 13.1 Å². The minimum absolute atomic E-state index is 0.0877. The molecule has 2 rings (SSSR count). The standard InChI is InChI=1S/C18H24N2O4S/c21-16(22)9-11-20-10-5-4-8-14(18(20)24)19-17(23)15(25)12-13-6-2-1-3-7-13/h1-3,6-7,14-15,25H,4-5,8-12H2,(H,19,23)(H,21,22)/t14-,15+/m0/s1. The first kappa shape index (κ1) is 19.3. The van der Waals surface area contributed by atoms with E-state index in [0.29, 0.717) is 19.4 Å². The number of amides is 2. The first-order valence-corrected chi connectivity index (χ1v) is 9.02. The maximum Gasteiger partial charge on any atom is 0.305 e. The predicted octanol–water partition coefficient (Wildman–Crippen LogP) is 1.50. The quantitative estimate of drug-likeness (QED) is 0.640. The highest BCUT2D eigenvalue weighted by molar-refractivity contribution is 7.81. The number of hydrogen-bond acceptors (Lipinski definition) is 4. The second-order valence-electron chi connectivity index (χ2n) is 6.23. The van der Waals surface area contributed by atoms with Crippen LogP contribution in [0.5, 0.6) is 0 Å². The van der Waals surface area contributed by atoms with E-state index in [1.54, 1.807) is 0 Å². The van der Waals surface area contributed by atoms with Crippen molar-refractivity contribution in [1.29, 1.82) is 0 Å². The highest BCUT2D eigenvalue weighted by atomic mass is 32.1. The van der Waals surface area contributed by atoms with Gasteiger partial charge < -0.3 is 15.3 Å². The molecule has 1 aliphatic heterocycles. The van der Waals surface area contributed by atoms with Gasteiger partial charge in [-0.3, -0.25) is 14.4 Å². The lowest BCUT2D eigenvalue weighted by Gasteiger charge is -2.25. The van der Waals surface area contributed by atoms with E-state index < -0.39 is 17.3 Å². The SMILES string of the molecule is O=C(O)CCN1CCCC[C@H](NC(=O)[C@H](S)Cc2ccccc2)C1=O. The molecule has 0 unspecified atom stereocenters. The van der Waals surface area contributed by atoms with Gasteiger partial charge in [0.15, 0.2) is 0 Å². The van der Waals surface area contributed by atoms with Crippen LogP contribution in [0, 0.1) is 0 Å². The fourth-order valence-electron chi connectivity index (χ4n) is 2.89. The van der Waals surface area contributed by atoms with Crippen molar-refractivity contribution >= 4 is 30.4 Å². The zero-order valence-corrected chi connectivity index (χ0v) is 15.0. The van der Waals surface area contributed by atoms with Crippen LogP contribution in [0.15, 0.2) is 30.3 Å². The molecule has 6 nitrogen and oxygen atoms in total. The van der Waals surface area contributed by atoms with E-state index in [2.05, 4.69) is 17.9 Å². The number of likely N-dealkylation sites (tertiary alicyclic amines) is 1. The molecule has 2 atom stereocenters. The average Bonchev–Trinajstić information content (AvgIpc) is 2.76. The fraction of sp³-hybridized carbons (Fsp3) is 0.500. The van der Waals surface area contributed by atoms with Gasteiger partial charge >= 0.3 is 5.97 Å². The van der Waals surface area contributed by atoms with Crippen LogP contribution in [0.2, 0.25) is 0 Å². The summed E-state index contributed by atoms with van der Waals surface area (Å²) in [4.78, 5) is 37.2. The Kier molecular flexibility index (Phi) is 7.31. The van der Waals surface area contributed by atoms with Crippen LogP contribution in [0.4, 0.5) is 0 Å². The molecule has 1 aromatic carbocycles. The lowest BCUT2D eigenvalue weighted by atomic mass is 10.1. The first-order chi connectivity index (χ1) is 12.0. The summed E-state index contributed by atoms with van der Waals surface area (Å²) in [5.41, 5.74) is 1.01. The summed E-state index contributed by atoms with van der Waals surface area (Å²) >= 11 is 4.37. The smallest absolute Gasteiger partial charge is 0.305 e. The van der Waals surface area contributed by atoms with Crippen LogP contribution in [-0.4, -0.2) is 52.2 Å². The maximum absolute atomic E-state index is 12.6. The topological polar surface area (TPSA) is 86.7 Å². The van der Waals surface area contributed by atoms with E-state index in [0.717, 1.165) is 18.4 Å². The summed E-state index contributed by atoms with van der Waals surface area (Å²) in [6, 6.07) is 8.98. The van der Waals surface area contributed by atoms with Crippen molar-refractivity contribution in [3.8, 4) is 0 Å². The summed E-state index contributed by atoms with van der Waals surface area (Å²) < 4.78 is 0. The third-order valence-electron chi connectivity index (χ3n) is 4.27. The molecule has 136 valence electrons. The van der Waals surface area contributed by atoms with Crippen LogP contribution in [0.25, 0.3) is 0 Å². The lowest BCUT2D eigenvalue weighted by molar-refractivity contribution is -0.140. The number of hydrogen-bond donors (Lipinski definition) is 3. The van der Waals surface area contributed by atoms with Crippen LogP contribution in [-0.2, 0) is 20.8 Å². The van der Waals surface area contributed by atoms with E-state index in [-0.39, 0.29) is 24.8 Å². The van der Waals surface area contributed by atoms with Crippen LogP contribution < -0.4 is 5.32 Å². The Morgan fingerprint density at radius 1 is 1.28 bits per heavy atom. The normalized spacial score (nSPS) is 19.2. The molecule has 1 aliphatic rings. The molecule has 7 heteroatoms. The zero-order chi connectivity index (χ0) is 18.2. The van der Waals surface area contributed by atoms with E-state index >= 15 is 0 Å². The molecule has 2 N–H and O–H groups in total. The van der Waals surface area contributed by atoms with Gasteiger partial charge in [-0.25, -0.2) is 0 Å². The summed E-state index contributed by atoms with van der Waals surface area (Å²) in [5.74, 6) is -1.41. The number of carboxylic acids is 1. The summed E-state index contributed by atoms with van der Waals surface area (Å²) in [7, 11) is 0. The van der Waals surface area contributed by atoms with Crippen LogP contribution >= 0.6 is 12.6 Å². The monoisotopic (exact) mass is 364 g/mol. The molecule has 25 heavy (non-hydrogen) atoms. The number of rotatable bonds is 7. The van der Waals surface area contributed by atoms with Gasteiger partial charge in [-0.15, -0.1) is 0 Å². The van der Waals surface area contributed by atoms with Gasteiger partial charge in [-0.1, -0.05) is 30.3 Å². The molecule has 0 saturated carbocycles. The number of thiol groups is 1. The molecule has 0 spiro atoms. The molecule has 2 amide bonds. The number of nitrogens with one attached hydrogen (secondary N) is 1. The molecule has 1 saturated heterocycles. The van der Waals surface area contributed by atoms with Crippen molar-refractivity contribution in [2.75, 3.05) is 13.1 Å². The van der Waals surface area contributed by atoms with Crippen molar-refractivity contribution in [3.05, 3.63) is 35.9 Å². The van der Waals surface area contributed by atoms with Gasteiger partial charge in [0.25, 0.3) is 0 Å². The van der Waals surface area contributed by atoms with E-state index in [1.165, 1.54) is 4.90 Å². The van der Waals surface area contributed by atoms with Gasteiger partial charge in [0.2, 0.25) is 11.8 Å². The van der Waals surface area contributed by atoms with Crippen molar-refractivity contribution in [2.24, 2.45) is 0 Å². The van der Waals surface area contributed by atoms with E-state index in [1.807, 2.05) is 30.3 Å². The van der Waals surface area contributed by atoms with Crippen molar-refractivity contribution in [3.63, 3.8) is 0 Å². The molecule has 1 aromatic rings. The number of aliphatic carboxylic acids is 1. The highest BCUT2D eigenvalue weighted by Crippen LogP contribution is 2.14. The van der Waals surface area contributed by atoms with Gasteiger partial charge in [0.1, 0.15) is 6.04 Å². The second-order valence-corrected chi connectivity index (χ2v) is 6.85. The lowest BCUT2D eigenvalue weighted by Crippen LogP contribution is -2.49. The third kappa shape index (κ3) is 6.08. The average molecular weight is 364 g/mol. The van der Waals surface area contributed by atoms with Crippen LogP contribution in [0.1, 0.15) is 31.2 Å². The van der Waals surface area contributed by atoms with E-state index in [9.17, 15) is 14.4 Å². The van der Waals surface area contributed by atoms with Gasteiger partial charge in [0.05, 0.1) is 11.7 Å². The molecule has 0 radical (unpaired) electrons. The second kappa shape index (κ2) is 9.46. The molecule has 0 aliphatic carbocycles. The van der Waals surface area contributed by atoms with Crippen LogP contribution in [0.3, 0.4) is 0 Å². The molecule has 0 aromatic heterocycles. The molecule has 1 heterocycles. The predicted molar refractivity (Wildman–Crippen MR) is 97.5 cm³/mol. The minimum Gasteiger partial charge on any atom is -0.481 e. The summed E-state index contributed by atoms with van der Waals surface area (Å²) in [5, 5.41) is 11.1. The highest BCUT2D eigenvalue weighted by Gasteiger charge is 2.29. The third-order valence-corrected chi connectivity index (χ3v) is 4.68. The molecule has 1 fully saturated rings. The minimum atomic E-state index is -0.934. The Hall–Kier alpha value is -2.02. The van der Waals surface area contributed by atoms with Crippen molar-refractivity contribution in [2.45, 2.75) is 43.4 Å². The Bertz CT molecular complexity index is 608. The van der Waals surface area contributed by atoms with Crippen molar-refractivity contribution in [1.82, 2.24) is 10.2 Å². The molecular formula is C18H24N2O4S. The number of carbonyl (C=O) groups excluding carboxylic acids is 2. The first-order valence-electron chi connectivity index (χ1n) is 8.50. The zero-order valence-electron chi connectivity index (χ0n) is 14.1. The number of nitrogens with zero attached hydrogens (tertiary/aromatic N) is 1. The molecular weight excluding hydrogens is 340 g/mol. The Morgan fingerprint density at radius 2 is 2.00 bits per heavy atom. The number of benzene rings is 1.